The van der Waals surface area contributed by atoms with Crippen LogP contribution in [0.1, 0.15) is 400 Å². The summed E-state index contributed by atoms with van der Waals surface area (Å²) >= 11 is 0. The van der Waals surface area contributed by atoms with Crippen molar-refractivity contribution in [3.05, 3.63) is 48.6 Å². The molecule has 480 valence electrons. The highest BCUT2D eigenvalue weighted by molar-refractivity contribution is 5.71. The molecule has 0 heterocycles. The van der Waals surface area contributed by atoms with Crippen LogP contribution in [-0.4, -0.2) is 37.2 Å². The van der Waals surface area contributed by atoms with Crippen LogP contribution in [0.4, 0.5) is 0 Å². The van der Waals surface area contributed by atoms with E-state index in [0.717, 1.165) is 89.9 Å². The molecule has 0 bridgehead atoms. The lowest BCUT2D eigenvalue weighted by Crippen LogP contribution is -2.30. The Morgan fingerprint density at radius 1 is 0.256 bits per heavy atom. The Kier molecular flexibility index (Phi) is 68.6. The van der Waals surface area contributed by atoms with Gasteiger partial charge in [-0.15, -0.1) is 0 Å². The number of hydrogen-bond donors (Lipinski definition) is 0. The Balaban J connectivity index is 4.18. The summed E-state index contributed by atoms with van der Waals surface area (Å²) in [5.41, 5.74) is 0. The fourth-order valence-corrected chi connectivity index (χ4v) is 11.1. The third kappa shape index (κ3) is 68.2. The SMILES string of the molecule is CC/C=C\C/C=C\C/C=C\C/C=C\CCCCCCCCCCC(=O)OC(COC(=O)CCCCCCCCCCCCCCC)COC(=O)CCCCCCCCCCCCCCCCCCCCCCCCCCCCCCCC. The van der Waals surface area contributed by atoms with Gasteiger partial charge in [-0.3, -0.25) is 14.4 Å². The maximum absolute atomic E-state index is 12.9. The fourth-order valence-electron chi connectivity index (χ4n) is 11.1. The Morgan fingerprint density at radius 2 is 0.476 bits per heavy atom. The molecule has 0 aromatic carbocycles. The van der Waals surface area contributed by atoms with Crippen LogP contribution in [-0.2, 0) is 28.6 Å². The first kappa shape index (κ1) is 79.4. The zero-order chi connectivity index (χ0) is 59.2. The van der Waals surface area contributed by atoms with Crippen molar-refractivity contribution < 1.29 is 28.6 Å². The van der Waals surface area contributed by atoms with E-state index in [4.69, 9.17) is 14.2 Å². The van der Waals surface area contributed by atoms with Crippen LogP contribution in [0.2, 0.25) is 0 Å². The van der Waals surface area contributed by atoms with Crippen molar-refractivity contribution in [2.75, 3.05) is 13.2 Å². The highest BCUT2D eigenvalue weighted by Crippen LogP contribution is 2.19. The number of hydrogen-bond acceptors (Lipinski definition) is 6. The van der Waals surface area contributed by atoms with Gasteiger partial charge >= 0.3 is 17.9 Å². The van der Waals surface area contributed by atoms with Crippen LogP contribution in [0.3, 0.4) is 0 Å². The minimum atomic E-state index is -0.776. The molecule has 0 rings (SSSR count). The molecule has 0 aliphatic carbocycles. The number of allylic oxidation sites excluding steroid dienone is 8. The van der Waals surface area contributed by atoms with Crippen LogP contribution in [0.25, 0.3) is 0 Å². The van der Waals surface area contributed by atoms with Gasteiger partial charge in [-0.05, 0) is 57.8 Å². The van der Waals surface area contributed by atoms with E-state index in [1.165, 1.54) is 270 Å². The minimum absolute atomic E-state index is 0.0710. The van der Waals surface area contributed by atoms with Crippen LogP contribution in [0.5, 0.6) is 0 Å². The highest BCUT2D eigenvalue weighted by Gasteiger charge is 2.19. The van der Waals surface area contributed by atoms with E-state index in [0.29, 0.717) is 19.3 Å². The minimum Gasteiger partial charge on any atom is -0.462 e. The lowest BCUT2D eigenvalue weighted by molar-refractivity contribution is -0.167. The Bertz CT molecular complexity index is 1410. The molecule has 0 amide bonds. The molecular formula is C76H140O6. The van der Waals surface area contributed by atoms with Gasteiger partial charge in [0.2, 0.25) is 0 Å². The molecule has 6 nitrogen and oxygen atoms in total. The lowest BCUT2D eigenvalue weighted by Gasteiger charge is -2.18. The number of carbonyl (C=O) groups is 3. The molecule has 0 saturated carbocycles. The van der Waals surface area contributed by atoms with Gasteiger partial charge in [0.05, 0.1) is 0 Å². The maximum atomic E-state index is 12.9. The highest BCUT2D eigenvalue weighted by atomic mass is 16.6. The monoisotopic (exact) mass is 1150 g/mol. The normalized spacial score (nSPS) is 12.3. The quantitative estimate of drug-likeness (QED) is 0.0261. The summed E-state index contributed by atoms with van der Waals surface area (Å²) in [7, 11) is 0. The molecule has 1 atom stereocenters. The van der Waals surface area contributed by atoms with E-state index in [9.17, 15) is 14.4 Å². The summed E-state index contributed by atoms with van der Waals surface area (Å²) in [4.78, 5) is 38.4. The predicted octanol–water partition coefficient (Wildman–Crippen LogP) is 25.3. The van der Waals surface area contributed by atoms with E-state index >= 15 is 0 Å². The zero-order valence-electron chi connectivity index (χ0n) is 55.3. The second-order valence-corrected chi connectivity index (χ2v) is 24.8. The first-order chi connectivity index (χ1) is 40.5. The van der Waals surface area contributed by atoms with Gasteiger partial charge in [0.1, 0.15) is 13.2 Å². The summed E-state index contributed by atoms with van der Waals surface area (Å²) < 4.78 is 17.0. The second-order valence-electron chi connectivity index (χ2n) is 24.8. The number of carbonyl (C=O) groups excluding carboxylic acids is 3. The molecular weight excluding hydrogens is 1010 g/mol. The van der Waals surface area contributed by atoms with E-state index in [1.807, 2.05) is 0 Å². The van der Waals surface area contributed by atoms with Gasteiger partial charge in [0, 0.05) is 19.3 Å². The molecule has 0 radical (unpaired) electrons. The van der Waals surface area contributed by atoms with Crippen molar-refractivity contribution in [1.29, 1.82) is 0 Å². The van der Waals surface area contributed by atoms with E-state index < -0.39 is 6.10 Å². The average molecular weight is 1150 g/mol. The number of rotatable bonds is 68. The molecule has 6 heteroatoms. The zero-order valence-corrected chi connectivity index (χ0v) is 55.3. The largest absolute Gasteiger partial charge is 0.462 e. The lowest BCUT2D eigenvalue weighted by atomic mass is 10.0. The fraction of sp³-hybridized carbons (Fsp3) is 0.855. The van der Waals surface area contributed by atoms with Gasteiger partial charge in [-0.25, -0.2) is 0 Å². The molecule has 0 aliphatic heterocycles. The molecule has 82 heavy (non-hydrogen) atoms. The Hall–Kier alpha value is -2.63. The second kappa shape index (κ2) is 70.9. The van der Waals surface area contributed by atoms with Crippen molar-refractivity contribution in [2.24, 2.45) is 0 Å². The molecule has 1 unspecified atom stereocenters. The summed E-state index contributed by atoms with van der Waals surface area (Å²) in [5, 5.41) is 0. The molecule has 0 aromatic heterocycles. The van der Waals surface area contributed by atoms with Crippen LogP contribution >= 0.6 is 0 Å². The number of ether oxygens (including phenoxy) is 3. The van der Waals surface area contributed by atoms with Gasteiger partial charge in [-0.2, -0.15) is 0 Å². The van der Waals surface area contributed by atoms with Crippen molar-refractivity contribution in [2.45, 2.75) is 406 Å². The average Bonchev–Trinajstić information content (AvgIpc) is 3.47. The topological polar surface area (TPSA) is 78.9 Å². The molecule has 0 spiro atoms. The maximum Gasteiger partial charge on any atom is 0.306 e. The van der Waals surface area contributed by atoms with Crippen LogP contribution in [0, 0.1) is 0 Å². The summed E-state index contributed by atoms with van der Waals surface area (Å²) in [6.45, 7) is 6.59. The smallest absolute Gasteiger partial charge is 0.306 e. The van der Waals surface area contributed by atoms with Crippen LogP contribution < -0.4 is 0 Å². The van der Waals surface area contributed by atoms with Gasteiger partial charge in [0.25, 0.3) is 0 Å². The van der Waals surface area contributed by atoms with Crippen LogP contribution in [0.15, 0.2) is 48.6 Å². The third-order valence-electron chi connectivity index (χ3n) is 16.6. The van der Waals surface area contributed by atoms with Gasteiger partial charge in [0.15, 0.2) is 6.10 Å². The van der Waals surface area contributed by atoms with Crippen molar-refractivity contribution in [1.82, 2.24) is 0 Å². The van der Waals surface area contributed by atoms with E-state index in [1.54, 1.807) is 0 Å². The first-order valence-corrected chi connectivity index (χ1v) is 36.6. The van der Waals surface area contributed by atoms with Gasteiger partial charge < -0.3 is 14.2 Å². The molecule has 0 fully saturated rings. The standard InChI is InChI=1S/C76H140O6/c1-4-7-10-13-16-19-22-25-27-29-31-33-34-35-36-37-38-39-40-41-43-44-46-48-51-54-57-60-63-66-69-75(78)81-72-73(71-80-74(77)68-65-62-59-56-53-50-24-21-18-15-12-9-6-3)82-76(79)70-67-64-61-58-55-52-49-47-45-42-32-30-28-26-23-20-17-14-11-8-5-2/h8,11,17,20,26,28,32,42,73H,4-7,9-10,12-16,18-19,21-25,27,29-31,33-41,43-72H2,1-3H3/b11-8-,20-17-,28-26-,42-32-. The van der Waals surface area contributed by atoms with Crippen molar-refractivity contribution >= 4 is 17.9 Å². The Morgan fingerprint density at radius 3 is 0.744 bits per heavy atom. The summed E-state index contributed by atoms with van der Waals surface area (Å²) in [5.74, 6) is -0.851. The van der Waals surface area contributed by atoms with E-state index in [2.05, 4.69) is 69.4 Å². The summed E-state index contributed by atoms with van der Waals surface area (Å²) in [6, 6.07) is 0. The molecule has 0 aliphatic rings. The first-order valence-electron chi connectivity index (χ1n) is 36.6. The van der Waals surface area contributed by atoms with Crippen molar-refractivity contribution in [3.63, 3.8) is 0 Å². The third-order valence-corrected chi connectivity index (χ3v) is 16.6. The molecule has 0 saturated heterocycles. The van der Waals surface area contributed by atoms with Crippen molar-refractivity contribution in [3.8, 4) is 0 Å². The number of unbranched alkanes of at least 4 members (excludes halogenated alkanes) is 49. The predicted molar refractivity (Wildman–Crippen MR) is 358 cm³/mol. The summed E-state index contributed by atoms with van der Waals surface area (Å²) in [6.07, 6.45) is 90.2. The van der Waals surface area contributed by atoms with E-state index in [-0.39, 0.29) is 31.1 Å². The van der Waals surface area contributed by atoms with Gasteiger partial charge in [-0.1, -0.05) is 371 Å². The molecule has 0 N–H and O–H groups in total. The molecule has 0 aromatic rings. The number of esters is 3. The Labute approximate surface area is 511 Å².